The SMILES string of the molecule is CCCNC(=O)[C@@H]1[C@H]2C(=O)N([C@@H](CO)C(C)C)C(C(=O)Nc3c(C)cccc3C)C23CC[C@H]1S3. The number of nitrogens with zero attached hydrogens (tertiary/aromatic N) is 1. The Hall–Kier alpha value is -2.06. The summed E-state index contributed by atoms with van der Waals surface area (Å²) in [6.07, 6.45) is 2.35. The van der Waals surface area contributed by atoms with Crippen molar-refractivity contribution < 1.29 is 19.5 Å². The van der Waals surface area contributed by atoms with Crippen molar-refractivity contribution in [3.05, 3.63) is 29.3 Å². The van der Waals surface area contributed by atoms with E-state index in [-0.39, 0.29) is 35.5 Å². The van der Waals surface area contributed by atoms with E-state index in [1.54, 1.807) is 16.7 Å². The Kier molecular flexibility index (Phi) is 7.02. The molecule has 1 spiro atoms. The third kappa shape index (κ3) is 3.83. The smallest absolute Gasteiger partial charge is 0.248 e. The minimum atomic E-state index is -0.734. The lowest BCUT2D eigenvalue weighted by Crippen LogP contribution is -2.56. The summed E-state index contributed by atoms with van der Waals surface area (Å²) in [5.74, 6) is -1.50. The number of hydrogen-bond donors (Lipinski definition) is 3. The van der Waals surface area contributed by atoms with E-state index >= 15 is 0 Å². The Balaban J connectivity index is 1.76. The van der Waals surface area contributed by atoms with Crippen LogP contribution >= 0.6 is 11.8 Å². The molecule has 6 atom stereocenters. The third-order valence-corrected chi connectivity index (χ3v) is 9.83. The largest absolute Gasteiger partial charge is 0.394 e. The second kappa shape index (κ2) is 9.53. The molecule has 0 radical (unpaired) electrons. The molecule has 1 aromatic carbocycles. The molecule has 0 saturated carbocycles. The van der Waals surface area contributed by atoms with Crippen LogP contribution in [-0.2, 0) is 14.4 Å². The molecule has 2 bridgehead atoms. The maximum Gasteiger partial charge on any atom is 0.248 e. The van der Waals surface area contributed by atoms with E-state index in [4.69, 9.17) is 0 Å². The Morgan fingerprint density at radius 1 is 1.24 bits per heavy atom. The molecule has 3 aliphatic heterocycles. The fourth-order valence-corrected chi connectivity index (χ4v) is 8.44. The number of nitrogens with one attached hydrogen (secondary N) is 2. The van der Waals surface area contributed by atoms with E-state index in [0.29, 0.717) is 13.0 Å². The molecule has 0 aromatic heterocycles. The molecule has 1 aromatic rings. The van der Waals surface area contributed by atoms with E-state index in [1.807, 2.05) is 52.8 Å². The topological polar surface area (TPSA) is 98.7 Å². The van der Waals surface area contributed by atoms with E-state index in [0.717, 1.165) is 29.7 Å². The van der Waals surface area contributed by atoms with Crippen LogP contribution in [0.3, 0.4) is 0 Å². The molecule has 3 N–H and O–H groups in total. The van der Waals surface area contributed by atoms with Gasteiger partial charge in [0.15, 0.2) is 0 Å². The number of hydrogen-bond acceptors (Lipinski definition) is 5. The molecule has 3 fully saturated rings. The van der Waals surface area contributed by atoms with Gasteiger partial charge in [-0.15, -0.1) is 11.8 Å². The minimum Gasteiger partial charge on any atom is -0.394 e. The normalized spacial score (nSPS) is 30.6. The van der Waals surface area contributed by atoms with Crippen LogP contribution in [0.5, 0.6) is 0 Å². The monoisotopic (exact) mass is 487 g/mol. The van der Waals surface area contributed by atoms with E-state index < -0.39 is 28.7 Å². The second-order valence-corrected chi connectivity index (χ2v) is 11.9. The van der Waals surface area contributed by atoms with Crippen molar-refractivity contribution in [3.63, 3.8) is 0 Å². The highest BCUT2D eigenvalue weighted by Crippen LogP contribution is 2.66. The predicted molar refractivity (Wildman–Crippen MR) is 135 cm³/mol. The van der Waals surface area contributed by atoms with Gasteiger partial charge in [-0.2, -0.15) is 0 Å². The lowest BCUT2D eigenvalue weighted by atomic mass is 9.70. The number of para-hydroxylation sites is 1. The van der Waals surface area contributed by atoms with Crippen LogP contribution < -0.4 is 10.6 Å². The molecular formula is C26H37N3O4S. The number of aliphatic hydroxyl groups is 1. The summed E-state index contributed by atoms with van der Waals surface area (Å²) < 4.78 is -0.654. The van der Waals surface area contributed by atoms with Gasteiger partial charge in [0.1, 0.15) is 6.04 Å². The highest BCUT2D eigenvalue weighted by Gasteiger charge is 2.74. The minimum absolute atomic E-state index is 0.0331. The van der Waals surface area contributed by atoms with Gasteiger partial charge >= 0.3 is 0 Å². The van der Waals surface area contributed by atoms with E-state index in [2.05, 4.69) is 10.6 Å². The van der Waals surface area contributed by atoms with Crippen LogP contribution in [0.25, 0.3) is 0 Å². The lowest BCUT2D eigenvalue weighted by Gasteiger charge is -2.38. The van der Waals surface area contributed by atoms with Crippen molar-refractivity contribution in [1.29, 1.82) is 0 Å². The summed E-state index contributed by atoms with van der Waals surface area (Å²) in [6, 6.07) is 4.64. The van der Waals surface area contributed by atoms with Gasteiger partial charge in [-0.05, 0) is 50.2 Å². The van der Waals surface area contributed by atoms with Gasteiger partial charge in [-0.25, -0.2) is 0 Å². The van der Waals surface area contributed by atoms with E-state index in [9.17, 15) is 19.5 Å². The molecule has 186 valence electrons. The van der Waals surface area contributed by atoms with Crippen LogP contribution in [-0.4, -0.2) is 63.0 Å². The number of thioether (sulfide) groups is 1. The number of aryl methyl sites for hydroxylation is 2. The van der Waals surface area contributed by atoms with Gasteiger partial charge in [0, 0.05) is 17.5 Å². The molecule has 2 unspecified atom stereocenters. The standard InChI is InChI=1S/C26H37N3O4S/c1-6-12-27-23(31)19-18-10-11-26(34-18)20(19)25(33)29(17(13-30)14(2)3)22(26)24(32)28-21-15(4)8-7-9-16(21)5/h7-9,14,17-20,22,30H,6,10-13H2,1-5H3,(H,27,31)(H,28,32)/t17-,18+,19-,20-,22?,26?/m0/s1. The maximum absolute atomic E-state index is 14.0. The van der Waals surface area contributed by atoms with Gasteiger partial charge in [0.2, 0.25) is 17.7 Å². The number of benzene rings is 1. The summed E-state index contributed by atoms with van der Waals surface area (Å²) in [5.41, 5.74) is 2.68. The Bertz CT molecular complexity index is 963. The van der Waals surface area contributed by atoms with Gasteiger partial charge < -0.3 is 20.6 Å². The van der Waals surface area contributed by atoms with E-state index in [1.165, 1.54) is 0 Å². The van der Waals surface area contributed by atoms with Gasteiger partial charge in [-0.3, -0.25) is 14.4 Å². The number of rotatable bonds is 8. The molecular weight excluding hydrogens is 450 g/mol. The summed E-state index contributed by atoms with van der Waals surface area (Å²) >= 11 is 1.66. The second-order valence-electron chi connectivity index (χ2n) is 10.3. The van der Waals surface area contributed by atoms with Crippen molar-refractivity contribution in [1.82, 2.24) is 10.2 Å². The number of aliphatic hydroxyl groups excluding tert-OH is 1. The molecule has 3 heterocycles. The van der Waals surface area contributed by atoms with Crippen LogP contribution in [0.2, 0.25) is 0 Å². The number of likely N-dealkylation sites (tertiary alicyclic amines) is 1. The number of anilines is 1. The third-order valence-electron chi connectivity index (χ3n) is 7.88. The Morgan fingerprint density at radius 2 is 1.91 bits per heavy atom. The average Bonchev–Trinajstić information content (AvgIpc) is 3.43. The number of fused-ring (bicyclic) bond motifs is 1. The summed E-state index contributed by atoms with van der Waals surface area (Å²) in [6.45, 7) is 10.2. The maximum atomic E-state index is 14.0. The first-order valence-electron chi connectivity index (χ1n) is 12.4. The first-order chi connectivity index (χ1) is 16.2. The van der Waals surface area contributed by atoms with Crippen molar-refractivity contribution in [2.75, 3.05) is 18.5 Å². The zero-order valence-corrected chi connectivity index (χ0v) is 21.6. The number of carbonyl (C=O) groups excluding carboxylic acids is 3. The first kappa shape index (κ1) is 25.0. The van der Waals surface area contributed by atoms with Gasteiger partial charge in [0.25, 0.3) is 0 Å². The van der Waals surface area contributed by atoms with Crippen molar-refractivity contribution >= 4 is 35.2 Å². The van der Waals surface area contributed by atoms with Gasteiger partial charge in [-0.1, -0.05) is 39.0 Å². The van der Waals surface area contributed by atoms with Crippen molar-refractivity contribution in [2.24, 2.45) is 17.8 Å². The van der Waals surface area contributed by atoms with Crippen LogP contribution in [0.1, 0.15) is 51.2 Å². The Morgan fingerprint density at radius 3 is 2.50 bits per heavy atom. The molecule has 3 aliphatic rings. The molecule has 4 rings (SSSR count). The number of amides is 3. The van der Waals surface area contributed by atoms with Crippen LogP contribution in [0.15, 0.2) is 18.2 Å². The van der Waals surface area contributed by atoms with Crippen LogP contribution in [0.4, 0.5) is 5.69 Å². The summed E-state index contributed by atoms with van der Waals surface area (Å²) in [7, 11) is 0. The Labute approximate surface area is 206 Å². The fraction of sp³-hybridized carbons (Fsp3) is 0.654. The lowest BCUT2D eigenvalue weighted by molar-refractivity contribution is -0.142. The zero-order valence-electron chi connectivity index (χ0n) is 20.8. The fourth-order valence-electron chi connectivity index (χ4n) is 6.24. The molecule has 34 heavy (non-hydrogen) atoms. The van der Waals surface area contributed by atoms with Gasteiger partial charge in [0.05, 0.1) is 29.2 Å². The quantitative estimate of drug-likeness (QED) is 0.524. The zero-order chi connectivity index (χ0) is 24.8. The number of carbonyl (C=O) groups is 3. The van der Waals surface area contributed by atoms with Crippen LogP contribution in [0, 0.1) is 31.6 Å². The average molecular weight is 488 g/mol. The molecule has 0 aliphatic carbocycles. The summed E-state index contributed by atoms with van der Waals surface area (Å²) in [5, 5.41) is 16.4. The molecule has 3 amide bonds. The molecule has 8 heteroatoms. The first-order valence-corrected chi connectivity index (χ1v) is 13.3. The summed E-state index contributed by atoms with van der Waals surface area (Å²) in [4.78, 5) is 42.8. The van der Waals surface area contributed by atoms with Crippen molar-refractivity contribution in [2.45, 2.75) is 76.0 Å². The highest BCUT2D eigenvalue weighted by atomic mass is 32.2. The predicted octanol–water partition coefficient (Wildman–Crippen LogP) is 2.88. The molecule has 7 nitrogen and oxygen atoms in total. The highest BCUT2D eigenvalue weighted by molar-refractivity contribution is 8.02. The van der Waals surface area contributed by atoms with Crippen molar-refractivity contribution in [3.8, 4) is 0 Å². The molecule has 3 saturated heterocycles.